The Bertz CT molecular complexity index is 498. The van der Waals surface area contributed by atoms with Gasteiger partial charge in [0.05, 0.1) is 0 Å². The lowest BCUT2D eigenvalue weighted by Gasteiger charge is -2.23. The van der Waals surface area contributed by atoms with Gasteiger partial charge in [-0.05, 0) is 55.7 Å². The van der Waals surface area contributed by atoms with E-state index < -0.39 is 11.7 Å². The number of ether oxygens (including phenoxy) is 1. The first-order valence-corrected chi connectivity index (χ1v) is 8.54. The summed E-state index contributed by atoms with van der Waals surface area (Å²) in [6.07, 6.45) is 1.66. The monoisotopic (exact) mass is 309 g/mol. The van der Waals surface area contributed by atoms with Gasteiger partial charge in [0.2, 0.25) is 0 Å². The van der Waals surface area contributed by atoms with Crippen molar-refractivity contribution >= 4 is 23.5 Å². The van der Waals surface area contributed by atoms with Gasteiger partial charge in [-0.25, -0.2) is 4.79 Å². The average molecular weight is 309 g/mol. The summed E-state index contributed by atoms with van der Waals surface area (Å²) < 4.78 is 5.31. The minimum Gasteiger partial charge on any atom is -0.444 e. The van der Waals surface area contributed by atoms with Crippen molar-refractivity contribution in [3.8, 4) is 0 Å². The van der Waals surface area contributed by atoms with Crippen molar-refractivity contribution in [2.45, 2.75) is 58.3 Å². The Morgan fingerprint density at radius 1 is 1.14 bits per heavy atom. The van der Waals surface area contributed by atoms with Crippen LogP contribution in [0, 0.1) is 0 Å². The number of amides is 1. The van der Waals surface area contributed by atoms with Crippen molar-refractivity contribution in [3.63, 3.8) is 0 Å². The second-order valence-corrected chi connectivity index (χ2v) is 8.09. The molecule has 1 rings (SSSR count). The van der Waals surface area contributed by atoms with E-state index >= 15 is 0 Å². The van der Waals surface area contributed by atoms with Gasteiger partial charge in [0.15, 0.2) is 0 Å². The molecule has 4 heteroatoms. The first kappa shape index (κ1) is 17.9. The number of carbonyl (C=O) groups is 1. The van der Waals surface area contributed by atoms with E-state index in [1.165, 1.54) is 11.1 Å². The van der Waals surface area contributed by atoms with Crippen LogP contribution < -0.4 is 5.32 Å². The van der Waals surface area contributed by atoms with Gasteiger partial charge in [-0.3, -0.25) is 5.32 Å². The molecular weight excluding hydrogens is 282 g/mol. The third-order valence-corrected chi connectivity index (χ3v) is 3.44. The zero-order valence-electron chi connectivity index (χ0n) is 14.2. The van der Waals surface area contributed by atoms with Crippen LogP contribution in [-0.4, -0.2) is 18.0 Å². The van der Waals surface area contributed by atoms with Crippen LogP contribution in [0.25, 0.3) is 0 Å². The van der Waals surface area contributed by atoms with E-state index in [0.29, 0.717) is 0 Å². The topological polar surface area (TPSA) is 38.3 Å². The highest BCUT2D eigenvalue weighted by atomic mass is 32.2. The maximum Gasteiger partial charge on any atom is 0.412 e. The number of thioether (sulfide) groups is 1. The zero-order valence-corrected chi connectivity index (χ0v) is 15.0. The lowest BCUT2D eigenvalue weighted by molar-refractivity contribution is 0.0636. The molecule has 3 nitrogen and oxygen atoms in total. The molecule has 21 heavy (non-hydrogen) atoms. The minimum atomic E-state index is -0.492. The molecule has 1 amide bonds. The predicted octanol–water partition coefficient (Wildman–Crippen LogP) is 5.19. The summed E-state index contributed by atoms with van der Waals surface area (Å²) in [5.41, 5.74) is 2.76. The SMILES string of the molecule is CSCc1cc(NC(=O)OC(C)(C)C)cc(C(C)(C)C)c1. The molecule has 0 unspecified atom stereocenters. The van der Waals surface area contributed by atoms with Crippen LogP contribution in [-0.2, 0) is 15.9 Å². The maximum atomic E-state index is 11.9. The molecule has 0 aromatic heterocycles. The van der Waals surface area contributed by atoms with Gasteiger partial charge >= 0.3 is 6.09 Å². The molecule has 0 heterocycles. The molecule has 0 radical (unpaired) electrons. The largest absolute Gasteiger partial charge is 0.444 e. The van der Waals surface area contributed by atoms with Gasteiger partial charge in [-0.2, -0.15) is 11.8 Å². The predicted molar refractivity (Wildman–Crippen MR) is 92.2 cm³/mol. The molecule has 1 aromatic carbocycles. The van der Waals surface area contributed by atoms with E-state index in [9.17, 15) is 4.79 Å². The number of carbonyl (C=O) groups excluding carboxylic acids is 1. The zero-order chi connectivity index (χ0) is 16.3. The Hall–Kier alpha value is -1.16. The molecule has 0 aliphatic carbocycles. The van der Waals surface area contributed by atoms with E-state index in [0.717, 1.165) is 11.4 Å². The highest BCUT2D eigenvalue weighted by Gasteiger charge is 2.19. The third-order valence-electron chi connectivity index (χ3n) is 2.82. The van der Waals surface area contributed by atoms with Gasteiger partial charge in [0.25, 0.3) is 0 Å². The third kappa shape index (κ3) is 6.42. The van der Waals surface area contributed by atoms with Crippen molar-refractivity contribution in [3.05, 3.63) is 29.3 Å². The van der Waals surface area contributed by atoms with E-state index in [2.05, 4.69) is 38.4 Å². The van der Waals surface area contributed by atoms with Crippen molar-refractivity contribution in [2.24, 2.45) is 0 Å². The molecule has 0 atom stereocenters. The van der Waals surface area contributed by atoms with Crippen LogP contribution in [0.4, 0.5) is 10.5 Å². The lowest BCUT2D eigenvalue weighted by atomic mass is 9.86. The molecule has 0 saturated carbocycles. The average Bonchev–Trinajstić information content (AvgIpc) is 2.24. The number of rotatable bonds is 3. The highest BCUT2D eigenvalue weighted by molar-refractivity contribution is 7.97. The van der Waals surface area contributed by atoms with Crippen LogP contribution in [0.2, 0.25) is 0 Å². The fourth-order valence-corrected chi connectivity index (χ4v) is 2.37. The van der Waals surface area contributed by atoms with Crippen LogP contribution in [0.1, 0.15) is 52.7 Å². The number of hydrogen-bond acceptors (Lipinski definition) is 3. The Morgan fingerprint density at radius 2 is 1.76 bits per heavy atom. The van der Waals surface area contributed by atoms with Gasteiger partial charge in [0, 0.05) is 11.4 Å². The summed E-state index contributed by atoms with van der Waals surface area (Å²) in [6.45, 7) is 12.1. The van der Waals surface area contributed by atoms with Gasteiger partial charge < -0.3 is 4.74 Å². The minimum absolute atomic E-state index is 0.0405. The molecule has 0 bridgehead atoms. The second-order valence-electron chi connectivity index (χ2n) is 7.23. The molecule has 0 aliphatic rings. The number of hydrogen-bond donors (Lipinski definition) is 1. The first-order valence-electron chi connectivity index (χ1n) is 7.14. The van der Waals surface area contributed by atoms with E-state index in [1.807, 2.05) is 32.9 Å². The molecule has 0 fully saturated rings. The Kier molecular flexibility index (Phi) is 5.74. The lowest BCUT2D eigenvalue weighted by Crippen LogP contribution is -2.27. The summed E-state index contributed by atoms with van der Waals surface area (Å²) in [4.78, 5) is 11.9. The van der Waals surface area contributed by atoms with Crippen LogP contribution in [0.3, 0.4) is 0 Å². The summed E-state index contributed by atoms with van der Waals surface area (Å²) in [7, 11) is 0. The summed E-state index contributed by atoms with van der Waals surface area (Å²) in [5, 5.41) is 2.84. The van der Waals surface area contributed by atoms with Crippen molar-refractivity contribution in [1.29, 1.82) is 0 Å². The Balaban J connectivity index is 3.00. The van der Waals surface area contributed by atoms with E-state index in [-0.39, 0.29) is 5.41 Å². The molecular formula is C17H27NO2S. The molecule has 1 aromatic rings. The molecule has 118 valence electrons. The van der Waals surface area contributed by atoms with Crippen molar-refractivity contribution < 1.29 is 9.53 Å². The fourth-order valence-electron chi connectivity index (χ4n) is 1.87. The molecule has 0 saturated heterocycles. The quantitative estimate of drug-likeness (QED) is 0.834. The van der Waals surface area contributed by atoms with E-state index in [1.54, 1.807) is 11.8 Å². The molecule has 0 spiro atoms. The maximum absolute atomic E-state index is 11.9. The van der Waals surface area contributed by atoms with Gasteiger partial charge in [-0.15, -0.1) is 0 Å². The second kappa shape index (κ2) is 6.73. The van der Waals surface area contributed by atoms with Gasteiger partial charge in [-0.1, -0.05) is 26.8 Å². The highest BCUT2D eigenvalue weighted by Crippen LogP contribution is 2.28. The normalized spacial score (nSPS) is 12.1. The van der Waals surface area contributed by atoms with E-state index in [4.69, 9.17) is 4.74 Å². The van der Waals surface area contributed by atoms with Crippen molar-refractivity contribution in [1.82, 2.24) is 0 Å². The summed E-state index contributed by atoms with van der Waals surface area (Å²) in [5.74, 6) is 0.924. The standard InChI is InChI=1S/C17H27NO2S/c1-16(2,3)13-8-12(11-21-7)9-14(10-13)18-15(19)20-17(4,5)6/h8-10H,11H2,1-7H3,(H,18,19). The summed E-state index contributed by atoms with van der Waals surface area (Å²) in [6, 6.07) is 6.24. The summed E-state index contributed by atoms with van der Waals surface area (Å²) >= 11 is 1.77. The Morgan fingerprint density at radius 3 is 2.24 bits per heavy atom. The van der Waals surface area contributed by atoms with Crippen LogP contribution >= 0.6 is 11.8 Å². The fraction of sp³-hybridized carbons (Fsp3) is 0.588. The Labute approximate surface area is 132 Å². The molecule has 0 aliphatic heterocycles. The van der Waals surface area contributed by atoms with Crippen molar-refractivity contribution in [2.75, 3.05) is 11.6 Å². The number of anilines is 1. The van der Waals surface area contributed by atoms with Crippen LogP contribution in [0.5, 0.6) is 0 Å². The number of nitrogens with one attached hydrogen (secondary N) is 1. The smallest absolute Gasteiger partial charge is 0.412 e. The molecule has 1 N–H and O–H groups in total. The first-order chi connectivity index (χ1) is 9.51. The number of benzene rings is 1. The van der Waals surface area contributed by atoms with Crippen LogP contribution in [0.15, 0.2) is 18.2 Å². The van der Waals surface area contributed by atoms with Gasteiger partial charge in [0.1, 0.15) is 5.60 Å².